The molecule has 200 valence electrons. The molecule has 0 radical (unpaired) electrons. The highest BCUT2D eigenvalue weighted by Crippen LogP contribution is 2.37. The number of ether oxygens (including phenoxy) is 2. The number of aryl methyl sites for hydroxylation is 1. The molecule has 0 atom stereocenters. The van der Waals surface area contributed by atoms with Gasteiger partial charge in [0.25, 0.3) is 0 Å². The molecular weight excluding hydrogens is 510 g/mol. The monoisotopic (exact) mass is 539 g/mol. The second-order valence-electron chi connectivity index (χ2n) is 8.66. The molecule has 0 saturated carbocycles. The fourth-order valence-corrected chi connectivity index (χ4v) is 4.18. The van der Waals surface area contributed by atoms with Crippen molar-refractivity contribution in [3.8, 4) is 17.1 Å². The quantitative estimate of drug-likeness (QED) is 0.214. The van der Waals surface area contributed by atoms with Gasteiger partial charge in [-0.1, -0.05) is 6.07 Å². The van der Waals surface area contributed by atoms with Crippen LogP contribution in [0.2, 0.25) is 5.28 Å². The van der Waals surface area contributed by atoms with Crippen LogP contribution in [0.25, 0.3) is 11.4 Å². The third-order valence-corrected chi connectivity index (χ3v) is 5.92. The number of nitrogens with zero attached hydrogens (tertiary/aromatic N) is 7. The van der Waals surface area contributed by atoms with Gasteiger partial charge in [0.1, 0.15) is 24.4 Å². The lowest BCUT2D eigenvalue weighted by Gasteiger charge is -2.15. The van der Waals surface area contributed by atoms with Gasteiger partial charge in [-0.25, -0.2) is 19.4 Å². The van der Waals surface area contributed by atoms with Crippen LogP contribution in [0.1, 0.15) is 48.6 Å². The van der Waals surface area contributed by atoms with Crippen molar-refractivity contribution in [3.05, 3.63) is 53.0 Å². The lowest BCUT2D eigenvalue weighted by Crippen LogP contribution is -2.11. The van der Waals surface area contributed by atoms with Crippen LogP contribution >= 0.6 is 11.6 Å². The summed E-state index contributed by atoms with van der Waals surface area (Å²) >= 11 is 6.00. The molecule has 3 aromatic heterocycles. The number of hydrogen-bond donors (Lipinski definition) is 2. The summed E-state index contributed by atoms with van der Waals surface area (Å²) in [6, 6.07) is 5.71. The Labute approximate surface area is 225 Å². The van der Waals surface area contributed by atoms with E-state index in [2.05, 4.69) is 49.6 Å². The first kappa shape index (κ1) is 26.9. The second-order valence-corrected chi connectivity index (χ2v) is 9.00. The summed E-state index contributed by atoms with van der Waals surface area (Å²) in [5, 5.41) is 15.7. The van der Waals surface area contributed by atoms with E-state index in [0.29, 0.717) is 29.5 Å². The first-order chi connectivity index (χ1) is 18.2. The zero-order valence-electron chi connectivity index (χ0n) is 22.1. The number of para-hydroxylation sites is 1. The van der Waals surface area contributed by atoms with Crippen LogP contribution in [0.3, 0.4) is 0 Å². The summed E-state index contributed by atoms with van der Waals surface area (Å²) in [5.41, 5.74) is 4.28. The van der Waals surface area contributed by atoms with E-state index in [1.807, 2.05) is 30.7 Å². The predicted octanol–water partition coefficient (Wildman–Crippen LogP) is 4.78. The van der Waals surface area contributed by atoms with E-state index in [1.165, 1.54) is 6.20 Å². The van der Waals surface area contributed by atoms with Gasteiger partial charge in [-0.3, -0.25) is 4.68 Å². The number of carbonyl (C=O) groups is 1. The highest BCUT2D eigenvalue weighted by Gasteiger charge is 2.20. The predicted molar refractivity (Wildman–Crippen MR) is 144 cm³/mol. The summed E-state index contributed by atoms with van der Waals surface area (Å²) in [4.78, 5) is 25.0. The Bertz CT molecular complexity index is 1450. The molecule has 0 saturated heterocycles. The van der Waals surface area contributed by atoms with Crippen LogP contribution in [0.15, 0.2) is 30.7 Å². The van der Waals surface area contributed by atoms with Gasteiger partial charge in [-0.05, 0) is 58.4 Å². The molecule has 0 aliphatic heterocycles. The van der Waals surface area contributed by atoms with Crippen LogP contribution in [0.4, 0.5) is 17.2 Å². The molecule has 3 heterocycles. The molecule has 13 heteroatoms. The number of benzene rings is 1. The molecule has 0 spiro atoms. The lowest BCUT2D eigenvalue weighted by atomic mass is 10.1. The maximum absolute atomic E-state index is 12.4. The molecule has 1 aromatic carbocycles. The van der Waals surface area contributed by atoms with Gasteiger partial charge in [0.15, 0.2) is 11.6 Å². The van der Waals surface area contributed by atoms with Crippen LogP contribution in [0.5, 0.6) is 5.75 Å². The zero-order chi connectivity index (χ0) is 27.4. The average molecular weight is 540 g/mol. The first-order valence-electron chi connectivity index (χ1n) is 12.1. The fourth-order valence-electron chi connectivity index (χ4n) is 4.05. The standard InChI is InChI=1S/C25H30ClN9O3/c1-7-38-24(36)18-11-27-25(26)31-23(18)30-19-10-8-9-17(21(19)37-6)22-29-13-34(33-22)12-28-20-15(4)32-35(14(2)3)16(20)5/h8-11,13-14,28H,7,12H2,1-6H3,(H,27,30,31). The Kier molecular flexibility index (Phi) is 8.10. The smallest absolute Gasteiger partial charge is 0.343 e. The van der Waals surface area contributed by atoms with Gasteiger partial charge < -0.3 is 20.1 Å². The summed E-state index contributed by atoms with van der Waals surface area (Å²) < 4.78 is 14.5. The van der Waals surface area contributed by atoms with Crippen molar-refractivity contribution in [1.82, 2.24) is 34.5 Å². The number of esters is 1. The van der Waals surface area contributed by atoms with Gasteiger partial charge >= 0.3 is 5.97 Å². The summed E-state index contributed by atoms with van der Waals surface area (Å²) in [6.07, 6.45) is 2.96. The third-order valence-electron chi connectivity index (χ3n) is 5.74. The van der Waals surface area contributed by atoms with E-state index in [1.54, 1.807) is 31.1 Å². The van der Waals surface area contributed by atoms with Crippen LogP contribution in [-0.2, 0) is 11.4 Å². The van der Waals surface area contributed by atoms with Crippen molar-refractivity contribution < 1.29 is 14.3 Å². The number of nitrogens with one attached hydrogen (secondary N) is 2. The van der Waals surface area contributed by atoms with Gasteiger partial charge in [-0.2, -0.15) is 10.1 Å². The number of anilines is 3. The average Bonchev–Trinajstić information content (AvgIpc) is 3.46. The van der Waals surface area contributed by atoms with E-state index >= 15 is 0 Å². The van der Waals surface area contributed by atoms with Crippen molar-refractivity contribution in [2.75, 3.05) is 24.4 Å². The minimum absolute atomic E-state index is 0.0204. The Hall–Kier alpha value is -4.19. The Morgan fingerprint density at radius 2 is 1.97 bits per heavy atom. The van der Waals surface area contributed by atoms with Gasteiger partial charge in [-0.15, -0.1) is 5.10 Å². The van der Waals surface area contributed by atoms with Crippen LogP contribution < -0.4 is 15.4 Å². The van der Waals surface area contributed by atoms with Crippen molar-refractivity contribution >= 4 is 34.8 Å². The highest BCUT2D eigenvalue weighted by atomic mass is 35.5. The van der Waals surface area contributed by atoms with Crippen molar-refractivity contribution in [2.45, 2.75) is 47.3 Å². The van der Waals surface area contributed by atoms with Crippen LogP contribution in [0, 0.1) is 13.8 Å². The van der Waals surface area contributed by atoms with E-state index in [4.69, 9.17) is 21.1 Å². The zero-order valence-corrected chi connectivity index (χ0v) is 22.9. The number of halogens is 1. The number of rotatable bonds is 10. The number of carbonyl (C=O) groups excluding carboxylic acids is 1. The normalized spacial score (nSPS) is 11.1. The molecule has 0 aliphatic rings. The molecule has 0 fully saturated rings. The van der Waals surface area contributed by atoms with Gasteiger partial charge in [0.05, 0.1) is 42.0 Å². The molecule has 2 N–H and O–H groups in total. The minimum atomic E-state index is -0.570. The topological polar surface area (TPSA) is 134 Å². The third kappa shape index (κ3) is 5.54. The van der Waals surface area contributed by atoms with E-state index in [0.717, 1.165) is 17.1 Å². The van der Waals surface area contributed by atoms with E-state index in [9.17, 15) is 4.79 Å². The molecule has 4 aromatic rings. The molecule has 4 rings (SSSR count). The van der Waals surface area contributed by atoms with Crippen molar-refractivity contribution in [1.29, 1.82) is 0 Å². The SMILES string of the molecule is CCOC(=O)c1cnc(Cl)nc1Nc1cccc(-c2ncn(CNc3c(C)nn(C(C)C)c3C)n2)c1OC. The van der Waals surface area contributed by atoms with Crippen LogP contribution in [-0.4, -0.2) is 54.2 Å². The second kappa shape index (κ2) is 11.5. The summed E-state index contributed by atoms with van der Waals surface area (Å²) in [6.45, 7) is 10.5. The maximum Gasteiger partial charge on any atom is 0.343 e. The Morgan fingerprint density at radius 3 is 2.66 bits per heavy atom. The molecular formula is C25H30ClN9O3. The van der Waals surface area contributed by atoms with Gasteiger partial charge in [0.2, 0.25) is 5.28 Å². The lowest BCUT2D eigenvalue weighted by molar-refractivity contribution is 0.0526. The Morgan fingerprint density at radius 1 is 1.18 bits per heavy atom. The summed E-state index contributed by atoms with van der Waals surface area (Å²) in [7, 11) is 1.54. The summed E-state index contributed by atoms with van der Waals surface area (Å²) in [5.74, 6) is 0.547. The molecule has 0 unspecified atom stereocenters. The maximum atomic E-state index is 12.4. The molecule has 0 bridgehead atoms. The Balaban J connectivity index is 1.59. The largest absolute Gasteiger partial charge is 0.494 e. The van der Waals surface area contributed by atoms with E-state index in [-0.39, 0.29) is 29.3 Å². The number of aromatic nitrogens is 7. The van der Waals surface area contributed by atoms with Crippen molar-refractivity contribution in [3.63, 3.8) is 0 Å². The number of hydrogen-bond acceptors (Lipinski definition) is 10. The molecule has 38 heavy (non-hydrogen) atoms. The fraction of sp³-hybridized carbons (Fsp3) is 0.360. The first-order valence-corrected chi connectivity index (χ1v) is 12.4. The number of methoxy groups -OCH3 is 1. The molecule has 0 aliphatic carbocycles. The highest BCUT2D eigenvalue weighted by molar-refractivity contribution is 6.28. The molecule has 12 nitrogen and oxygen atoms in total. The van der Waals surface area contributed by atoms with E-state index < -0.39 is 5.97 Å². The molecule has 0 amide bonds. The van der Waals surface area contributed by atoms with Crippen molar-refractivity contribution in [2.24, 2.45) is 0 Å². The van der Waals surface area contributed by atoms with Gasteiger partial charge in [0, 0.05) is 12.2 Å². The minimum Gasteiger partial charge on any atom is -0.494 e.